The van der Waals surface area contributed by atoms with E-state index in [0.717, 1.165) is 0 Å². The van der Waals surface area contributed by atoms with E-state index in [0.29, 0.717) is 0 Å². The van der Waals surface area contributed by atoms with Crippen LogP contribution in [0.5, 0.6) is 0 Å². The van der Waals surface area contributed by atoms with E-state index in [4.69, 9.17) is 0 Å². The SMILES string of the molecule is c1ccc(-c2ccc(-n3c4ccccc4c4cc5c(cc43)Sc3cc4c(cc3S5)[nH]c3ccccc34)cc2)cc1. The molecule has 8 aromatic rings. The Bertz CT molecular complexity index is 2260. The Morgan fingerprint density at radius 1 is 0.425 bits per heavy atom. The molecule has 1 aliphatic heterocycles. The van der Waals surface area contributed by atoms with Gasteiger partial charge < -0.3 is 9.55 Å². The predicted molar refractivity (Wildman–Crippen MR) is 170 cm³/mol. The van der Waals surface area contributed by atoms with Gasteiger partial charge in [-0.15, -0.1) is 0 Å². The lowest BCUT2D eigenvalue weighted by molar-refractivity contribution is 1.14. The van der Waals surface area contributed by atoms with Gasteiger partial charge in [0.2, 0.25) is 0 Å². The van der Waals surface area contributed by atoms with Crippen LogP contribution in [-0.2, 0) is 0 Å². The predicted octanol–water partition coefficient (Wildman–Crippen LogP) is 10.7. The van der Waals surface area contributed by atoms with Crippen LogP contribution < -0.4 is 0 Å². The van der Waals surface area contributed by atoms with Crippen molar-refractivity contribution in [1.29, 1.82) is 0 Å². The van der Waals surface area contributed by atoms with Crippen LogP contribution >= 0.6 is 23.5 Å². The Labute approximate surface area is 239 Å². The molecule has 0 saturated heterocycles. The number of aromatic amines is 1. The van der Waals surface area contributed by atoms with E-state index in [1.54, 1.807) is 0 Å². The largest absolute Gasteiger partial charge is 0.354 e. The van der Waals surface area contributed by atoms with Crippen molar-refractivity contribution in [2.45, 2.75) is 19.6 Å². The van der Waals surface area contributed by atoms with Crippen LogP contribution in [0, 0.1) is 0 Å². The van der Waals surface area contributed by atoms with Gasteiger partial charge in [-0.25, -0.2) is 0 Å². The lowest BCUT2D eigenvalue weighted by Gasteiger charge is -2.19. The fourth-order valence-electron chi connectivity index (χ4n) is 6.10. The van der Waals surface area contributed by atoms with Gasteiger partial charge >= 0.3 is 0 Å². The Kier molecular flexibility index (Phi) is 4.80. The maximum absolute atomic E-state index is 3.62. The summed E-state index contributed by atoms with van der Waals surface area (Å²) in [5.41, 5.74) is 8.53. The number of fused-ring (bicyclic) bond motifs is 8. The molecule has 0 saturated carbocycles. The van der Waals surface area contributed by atoms with Crippen LogP contribution in [0.25, 0.3) is 60.4 Å². The minimum absolute atomic E-state index is 1.18. The zero-order valence-corrected chi connectivity index (χ0v) is 23.0. The molecule has 3 heterocycles. The van der Waals surface area contributed by atoms with Crippen molar-refractivity contribution in [1.82, 2.24) is 9.55 Å². The molecule has 4 heteroatoms. The van der Waals surface area contributed by atoms with Gasteiger partial charge in [-0.05, 0) is 59.7 Å². The molecule has 1 aliphatic rings. The minimum Gasteiger partial charge on any atom is -0.354 e. The van der Waals surface area contributed by atoms with E-state index < -0.39 is 0 Å². The first kappa shape index (κ1) is 22.4. The van der Waals surface area contributed by atoms with Crippen molar-refractivity contribution in [3.05, 3.63) is 127 Å². The lowest BCUT2D eigenvalue weighted by Crippen LogP contribution is -1.95. The van der Waals surface area contributed by atoms with E-state index in [-0.39, 0.29) is 0 Å². The van der Waals surface area contributed by atoms with Gasteiger partial charge in [-0.3, -0.25) is 0 Å². The minimum atomic E-state index is 1.18. The van der Waals surface area contributed by atoms with E-state index >= 15 is 0 Å². The number of para-hydroxylation sites is 2. The summed E-state index contributed by atoms with van der Waals surface area (Å²) in [6, 6.07) is 46.4. The molecule has 9 rings (SSSR count). The summed E-state index contributed by atoms with van der Waals surface area (Å²) in [5, 5.41) is 5.16. The summed E-state index contributed by atoms with van der Waals surface area (Å²) in [6.07, 6.45) is 0. The summed E-state index contributed by atoms with van der Waals surface area (Å²) in [7, 11) is 0. The van der Waals surface area contributed by atoms with Crippen LogP contribution in [-0.4, -0.2) is 9.55 Å². The quantitative estimate of drug-likeness (QED) is 0.233. The third kappa shape index (κ3) is 3.33. The van der Waals surface area contributed by atoms with Crippen LogP contribution in [0.1, 0.15) is 0 Å². The van der Waals surface area contributed by atoms with Crippen molar-refractivity contribution >= 4 is 67.1 Å². The Morgan fingerprint density at radius 2 is 1.05 bits per heavy atom. The van der Waals surface area contributed by atoms with Crippen LogP contribution in [0.15, 0.2) is 147 Å². The molecule has 0 fully saturated rings. The maximum Gasteiger partial charge on any atom is 0.0553 e. The van der Waals surface area contributed by atoms with E-state index in [9.17, 15) is 0 Å². The number of hydrogen-bond donors (Lipinski definition) is 1. The summed E-state index contributed by atoms with van der Waals surface area (Å²) >= 11 is 3.77. The van der Waals surface area contributed by atoms with E-state index in [1.807, 2.05) is 23.5 Å². The number of aromatic nitrogens is 2. The Hall–Kier alpha value is -4.38. The zero-order chi connectivity index (χ0) is 26.2. The highest BCUT2D eigenvalue weighted by atomic mass is 32.2. The third-order valence-corrected chi connectivity index (χ3v) is 10.5. The molecule has 188 valence electrons. The molecule has 0 bridgehead atoms. The molecule has 6 aromatic carbocycles. The second-order valence-corrected chi connectivity index (χ2v) is 12.5. The number of benzene rings is 6. The van der Waals surface area contributed by atoms with E-state index in [2.05, 4.69) is 137 Å². The molecule has 2 aromatic heterocycles. The fourth-order valence-corrected chi connectivity index (χ4v) is 8.41. The van der Waals surface area contributed by atoms with Crippen LogP contribution in [0.2, 0.25) is 0 Å². The molecule has 0 unspecified atom stereocenters. The highest BCUT2D eigenvalue weighted by Crippen LogP contribution is 2.52. The van der Waals surface area contributed by atoms with Gasteiger partial charge in [-0.2, -0.15) is 0 Å². The molecule has 0 aliphatic carbocycles. The first-order chi connectivity index (χ1) is 19.8. The topological polar surface area (TPSA) is 20.7 Å². The molecule has 40 heavy (non-hydrogen) atoms. The standard InChI is InChI=1S/C36H22N2S2/c1-2-8-22(9-3-1)23-14-16-24(17-15-23)38-31-13-7-5-11-26(31)28-19-34-36(21-32(28)38)40-33-18-27-25-10-4-6-12-29(25)37-30(27)20-35(33)39-34/h1-21,37H. The smallest absolute Gasteiger partial charge is 0.0553 e. The molecule has 0 spiro atoms. The molecular formula is C36H22N2S2. The van der Waals surface area contributed by atoms with Gasteiger partial charge in [0.25, 0.3) is 0 Å². The van der Waals surface area contributed by atoms with Crippen molar-refractivity contribution in [2.75, 3.05) is 0 Å². The molecule has 0 radical (unpaired) electrons. The number of rotatable bonds is 2. The highest BCUT2D eigenvalue weighted by molar-refractivity contribution is 8.05. The highest BCUT2D eigenvalue weighted by Gasteiger charge is 2.22. The molecule has 1 N–H and O–H groups in total. The maximum atomic E-state index is 3.62. The van der Waals surface area contributed by atoms with Crippen molar-refractivity contribution in [3.63, 3.8) is 0 Å². The molecular weight excluding hydrogens is 525 g/mol. The summed E-state index contributed by atoms with van der Waals surface area (Å²) in [4.78, 5) is 8.89. The molecule has 0 atom stereocenters. The monoisotopic (exact) mass is 546 g/mol. The van der Waals surface area contributed by atoms with Gasteiger partial charge in [0.1, 0.15) is 0 Å². The number of H-pyrrole nitrogens is 1. The lowest BCUT2D eigenvalue weighted by atomic mass is 10.1. The second-order valence-electron chi connectivity index (χ2n) is 10.3. The summed E-state index contributed by atoms with van der Waals surface area (Å²) < 4.78 is 2.42. The first-order valence-electron chi connectivity index (χ1n) is 13.4. The number of hydrogen-bond acceptors (Lipinski definition) is 2. The van der Waals surface area contributed by atoms with Crippen molar-refractivity contribution < 1.29 is 0 Å². The van der Waals surface area contributed by atoms with Crippen molar-refractivity contribution in [3.8, 4) is 16.8 Å². The Balaban J connectivity index is 1.21. The van der Waals surface area contributed by atoms with E-state index in [1.165, 1.54) is 80.0 Å². The first-order valence-corrected chi connectivity index (χ1v) is 15.1. The molecule has 2 nitrogen and oxygen atoms in total. The second kappa shape index (κ2) is 8.56. The Morgan fingerprint density at radius 3 is 1.88 bits per heavy atom. The van der Waals surface area contributed by atoms with Gasteiger partial charge in [-0.1, -0.05) is 102 Å². The van der Waals surface area contributed by atoms with Gasteiger partial charge in [0.05, 0.1) is 11.0 Å². The van der Waals surface area contributed by atoms with Crippen LogP contribution in [0.3, 0.4) is 0 Å². The number of nitrogens with one attached hydrogen (secondary N) is 1. The summed E-state index contributed by atoms with van der Waals surface area (Å²) in [5.74, 6) is 0. The number of nitrogens with zero attached hydrogens (tertiary/aromatic N) is 1. The fraction of sp³-hybridized carbons (Fsp3) is 0. The normalized spacial score (nSPS) is 12.8. The molecule has 0 amide bonds. The average Bonchev–Trinajstić information content (AvgIpc) is 3.53. The zero-order valence-electron chi connectivity index (χ0n) is 21.4. The third-order valence-electron chi connectivity index (χ3n) is 7.98. The average molecular weight is 547 g/mol. The van der Waals surface area contributed by atoms with Crippen LogP contribution in [0.4, 0.5) is 0 Å². The van der Waals surface area contributed by atoms with Gasteiger partial charge in [0.15, 0.2) is 0 Å². The van der Waals surface area contributed by atoms with Crippen molar-refractivity contribution in [2.24, 2.45) is 0 Å². The summed E-state index contributed by atoms with van der Waals surface area (Å²) in [6.45, 7) is 0. The van der Waals surface area contributed by atoms with Gasteiger partial charge in [0, 0.05) is 57.8 Å².